The average Bonchev–Trinajstić information content (AvgIpc) is 2.48. The molecule has 0 heterocycles. The first kappa shape index (κ1) is 14.4. The second-order valence-corrected chi connectivity index (χ2v) is 4.88. The summed E-state index contributed by atoms with van der Waals surface area (Å²) >= 11 is 6.10. The fourth-order valence-electron chi connectivity index (χ4n) is 1.87. The molecule has 0 aliphatic rings. The summed E-state index contributed by atoms with van der Waals surface area (Å²) in [5.41, 5.74) is 3.37. The minimum Gasteiger partial charge on any atom is -0.465 e. The van der Waals surface area contributed by atoms with Gasteiger partial charge in [0.1, 0.15) is 0 Å². The molecule has 0 amide bonds. The van der Waals surface area contributed by atoms with Gasteiger partial charge in [0.15, 0.2) is 0 Å². The Morgan fingerprint density at radius 3 is 2.70 bits per heavy atom. The molecule has 0 fully saturated rings. The zero-order chi connectivity index (χ0) is 14.5. The van der Waals surface area contributed by atoms with Crippen molar-refractivity contribution in [3.63, 3.8) is 0 Å². The summed E-state index contributed by atoms with van der Waals surface area (Å²) < 4.78 is 4.76. The number of hydrogen-bond acceptors (Lipinski definition) is 3. The standard InChI is InChI=1S/C16H16ClNO2/c1-11-7-8-12(9-14(11)17)10-18-15-6-4-3-5-13(15)16(19)20-2/h3-9,18H,10H2,1-2H3. The predicted molar refractivity (Wildman–Crippen MR) is 81.3 cm³/mol. The molecule has 0 saturated heterocycles. The van der Waals surface area contributed by atoms with Crippen LogP contribution < -0.4 is 5.32 Å². The third kappa shape index (κ3) is 3.31. The van der Waals surface area contributed by atoms with Crippen LogP contribution in [-0.2, 0) is 11.3 Å². The average molecular weight is 290 g/mol. The van der Waals surface area contributed by atoms with Crippen molar-refractivity contribution in [2.45, 2.75) is 13.5 Å². The van der Waals surface area contributed by atoms with Crippen molar-refractivity contribution in [3.05, 3.63) is 64.2 Å². The fourth-order valence-corrected chi connectivity index (χ4v) is 2.07. The molecule has 0 atom stereocenters. The zero-order valence-corrected chi connectivity index (χ0v) is 12.2. The second kappa shape index (κ2) is 6.44. The molecular formula is C16H16ClNO2. The number of nitrogens with one attached hydrogen (secondary N) is 1. The molecule has 0 spiro atoms. The highest BCUT2D eigenvalue weighted by Gasteiger charge is 2.10. The number of aryl methyl sites for hydroxylation is 1. The Balaban J connectivity index is 2.14. The van der Waals surface area contributed by atoms with Gasteiger partial charge >= 0.3 is 5.97 Å². The van der Waals surface area contributed by atoms with Crippen molar-refractivity contribution < 1.29 is 9.53 Å². The minimum atomic E-state index is -0.352. The van der Waals surface area contributed by atoms with E-state index < -0.39 is 0 Å². The summed E-state index contributed by atoms with van der Waals surface area (Å²) in [7, 11) is 1.37. The molecule has 0 bridgehead atoms. The van der Waals surface area contributed by atoms with E-state index >= 15 is 0 Å². The van der Waals surface area contributed by atoms with Gasteiger partial charge in [0.25, 0.3) is 0 Å². The molecule has 2 rings (SSSR count). The zero-order valence-electron chi connectivity index (χ0n) is 11.4. The Labute approximate surface area is 123 Å². The molecule has 2 aromatic carbocycles. The third-order valence-corrected chi connectivity index (χ3v) is 3.46. The van der Waals surface area contributed by atoms with Gasteiger partial charge in [-0.1, -0.05) is 35.9 Å². The molecule has 0 aromatic heterocycles. The van der Waals surface area contributed by atoms with Crippen LogP contribution in [0.2, 0.25) is 5.02 Å². The van der Waals surface area contributed by atoms with Crippen LogP contribution in [0.25, 0.3) is 0 Å². The van der Waals surface area contributed by atoms with Crippen molar-refractivity contribution in [3.8, 4) is 0 Å². The first-order valence-electron chi connectivity index (χ1n) is 6.28. The van der Waals surface area contributed by atoms with E-state index in [9.17, 15) is 4.79 Å². The van der Waals surface area contributed by atoms with Crippen molar-refractivity contribution >= 4 is 23.3 Å². The predicted octanol–water partition coefficient (Wildman–Crippen LogP) is 4.05. The lowest BCUT2D eigenvalue weighted by molar-refractivity contribution is 0.0602. The highest BCUT2D eigenvalue weighted by Crippen LogP contribution is 2.20. The van der Waals surface area contributed by atoms with Gasteiger partial charge in [-0.15, -0.1) is 0 Å². The van der Waals surface area contributed by atoms with Crippen molar-refractivity contribution in [1.29, 1.82) is 0 Å². The van der Waals surface area contributed by atoms with Crippen molar-refractivity contribution in [2.75, 3.05) is 12.4 Å². The topological polar surface area (TPSA) is 38.3 Å². The maximum atomic E-state index is 11.7. The highest BCUT2D eigenvalue weighted by molar-refractivity contribution is 6.31. The number of anilines is 1. The minimum absolute atomic E-state index is 0.352. The number of esters is 1. The van der Waals surface area contributed by atoms with Crippen LogP contribution in [0.4, 0.5) is 5.69 Å². The summed E-state index contributed by atoms with van der Waals surface area (Å²) in [6.45, 7) is 2.56. The van der Waals surface area contributed by atoms with Crippen LogP contribution >= 0.6 is 11.6 Å². The number of rotatable bonds is 4. The third-order valence-electron chi connectivity index (χ3n) is 3.05. The lowest BCUT2D eigenvalue weighted by Gasteiger charge is -2.11. The molecule has 104 valence electrons. The van der Waals surface area contributed by atoms with E-state index in [0.717, 1.165) is 21.8 Å². The van der Waals surface area contributed by atoms with E-state index in [0.29, 0.717) is 12.1 Å². The van der Waals surface area contributed by atoms with E-state index in [4.69, 9.17) is 16.3 Å². The Hall–Kier alpha value is -2.00. The number of carbonyl (C=O) groups is 1. The molecular weight excluding hydrogens is 274 g/mol. The number of carbonyl (C=O) groups excluding carboxylic acids is 1. The summed E-state index contributed by atoms with van der Waals surface area (Å²) in [5.74, 6) is -0.352. The van der Waals surface area contributed by atoms with Crippen LogP contribution in [0, 0.1) is 6.92 Å². The quantitative estimate of drug-likeness (QED) is 0.863. The van der Waals surface area contributed by atoms with Crippen LogP contribution in [0.3, 0.4) is 0 Å². The van der Waals surface area contributed by atoms with Gasteiger partial charge in [-0.05, 0) is 36.2 Å². The molecule has 0 unspecified atom stereocenters. The number of benzene rings is 2. The number of para-hydroxylation sites is 1. The maximum absolute atomic E-state index is 11.7. The summed E-state index contributed by atoms with van der Waals surface area (Å²) in [6.07, 6.45) is 0. The SMILES string of the molecule is COC(=O)c1ccccc1NCc1ccc(C)c(Cl)c1. The Bertz CT molecular complexity index is 626. The van der Waals surface area contributed by atoms with Crippen LogP contribution in [0.1, 0.15) is 21.5 Å². The van der Waals surface area contributed by atoms with Gasteiger partial charge in [-0.25, -0.2) is 4.79 Å². The fraction of sp³-hybridized carbons (Fsp3) is 0.188. The number of methoxy groups -OCH3 is 1. The summed E-state index contributed by atoms with van der Waals surface area (Å²) in [6, 6.07) is 13.2. The van der Waals surface area contributed by atoms with Gasteiger partial charge in [-0.2, -0.15) is 0 Å². The second-order valence-electron chi connectivity index (χ2n) is 4.47. The molecule has 4 heteroatoms. The first-order chi connectivity index (χ1) is 9.61. The normalized spacial score (nSPS) is 10.2. The van der Waals surface area contributed by atoms with Gasteiger partial charge in [0.05, 0.1) is 12.7 Å². The number of ether oxygens (including phenoxy) is 1. The van der Waals surface area contributed by atoms with Gasteiger partial charge in [0, 0.05) is 17.3 Å². The van der Waals surface area contributed by atoms with E-state index in [2.05, 4.69) is 5.32 Å². The molecule has 2 aromatic rings. The van der Waals surface area contributed by atoms with Gasteiger partial charge in [-0.3, -0.25) is 0 Å². The lowest BCUT2D eigenvalue weighted by Crippen LogP contribution is -2.08. The number of hydrogen-bond donors (Lipinski definition) is 1. The molecule has 20 heavy (non-hydrogen) atoms. The van der Waals surface area contributed by atoms with Crippen molar-refractivity contribution in [1.82, 2.24) is 0 Å². The molecule has 3 nitrogen and oxygen atoms in total. The largest absolute Gasteiger partial charge is 0.465 e. The molecule has 1 N–H and O–H groups in total. The Morgan fingerprint density at radius 1 is 1.25 bits per heavy atom. The molecule has 0 aliphatic heterocycles. The van der Waals surface area contributed by atoms with Gasteiger partial charge < -0.3 is 10.1 Å². The van der Waals surface area contributed by atoms with Crippen LogP contribution in [0.15, 0.2) is 42.5 Å². The van der Waals surface area contributed by atoms with Crippen molar-refractivity contribution in [2.24, 2.45) is 0 Å². The Kier molecular flexibility index (Phi) is 4.64. The summed E-state index contributed by atoms with van der Waals surface area (Å²) in [4.78, 5) is 11.7. The monoisotopic (exact) mass is 289 g/mol. The van der Waals surface area contributed by atoms with Crippen LogP contribution in [0.5, 0.6) is 0 Å². The molecule has 0 saturated carbocycles. The highest BCUT2D eigenvalue weighted by atomic mass is 35.5. The van der Waals surface area contributed by atoms with E-state index in [1.165, 1.54) is 7.11 Å². The lowest BCUT2D eigenvalue weighted by atomic mass is 10.1. The smallest absolute Gasteiger partial charge is 0.339 e. The number of halogens is 1. The molecule has 0 aliphatic carbocycles. The first-order valence-corrected chi connectivity index (χ1v) is 6.66. The van der Waals surface area contributed by atoms with E-state index in [1.54, 1.807) is 12.1 Å². The molecule has 0 radical (unpaired) electrons. The van der Waals surface area contributed by atoms with Crippen LogP contribution in [-0.4, -0.2) is 13.1 Å². The van der Waals surface area contributed by atoms with Gasteiger partial charge in [0.2, 0.25) is 0 Å². The summed E-state index contributed by atoms with van der Waals surface area (Å²) in [5, 5.41) is 3.97. The van der Waals surface area contributed by atoms with E-state index in [-0.39, 0.29) is 5.97 Å². The van der Waals surface area contributed by atoms with E-state index in [1.807, 2.05) is 37.3 Å². The Morgan fingerprint density at radius 2 is 2.00 bits per heavy atom. The maximum Gasteiger partial charge on any atom is 0.339 e.